The minimum absolute atomic E-state index is 0.179. The van der Waals surface area contributed by atoms with E-state index in [0.717, 1.165) is 18.5 Å². The van der Waals surface area contributed by atoms with E-state index in [1.165, 1.54) is 16.6 Å². The molecule has 3 nitrogen and oxygen atoms in total. The van der Waals surface area contributed by atoms with E-state index >= 15 is 0 Å². The van der Waals surface area contributed by atoms with E-state index in [-0.39, 0.29) is 6.04 Å². The third-order valence-corrected chi connectivity index (χ3v) is 3.53. The molecule has 20 heavy (non-hydrogen) atoms. The number of nitrogens with two attached hydrogens (primary N) is 1. The Balaban J connectivity index is 1.96. The molecule has 0 spiro atoms. The first-order valence-corrected chi connectivity index (χ1v) is 6.96. The van der Waals surface area contributed by atoms with Crippen molar-refractivity contribution in [2.45, 2.75) is 25.9 Å². The number of fused-ring (bicyclic) bond motifs is 1. The number of pyridine rings is 1. The number of para-hydroxylation sites is 1. The number of benzene rings is 1. The van der Waals surface area contributed by atoms with Gasteiger partial charge in [0.15, 0.2) is 0 Å². The van der Waals surface area contributed by atoms with E-state index < -0.39 is 0 Å². The molecule has 1 atom stereocenters. The van der Waals surface area contributed by atoms with Crippen LogP contribution in [0.3, 0.4) is 0 Å². The monoisotopic (exact) mass is 265 g/mol. The minimum atomic E-state index is 0.179. The molecule has 0 bridgehead atoms. The van der Waals surface area contributed by atoms with Crippen LogP contribution in [0.4, 0.5) is 0 Å². The van der Waals surface area contributed by atoms with Gasteiger partial charge in [0.05, 0.1) is 5.52 Å². The zero-order valence-electron chi connectivity index (χ0n) is 11.7. The quantitative estimate of drug-likeness (QED) is 0.788. The van der Waals surface area contributed by atoms with Crippen LogP contribution in [0, 0.1) is 0 Å². The lowest BCUT2D eigenvalue weighted by Crippen LogP contribution is -2.20. The molecule has 102 valence electrons. The van der Waals surface area contributed by atoms with Gasteiger partial charge in [-0.1, -0.05) is 18.2 Å². The van der Waals surface area contributed by atoms with Crippen LogP contribution in [0.2, 0.25) is 0 Å². The number of hydrogen-bond acceptors (Lipinski definition) is 2. The predicted octanol–water partition coefficient (Wildman–Crippen LogP) is 2.97. The van der Waals surface area contributed by atoms with E-state index in [1.54, 1.807) is 0 Å². The van der Waals surface area contributed by atoms with Gasteiger partial charge in [0.2, 0.25) is 0 Å². The Morgan fingerprint density at radius 1 is 1.15 bits per heavy atom. The van der Waals surface area contributed by atoms with Gasteiger partial charge in [-0.05, 0) is 36.8 Å². The largest absolute Gasteiger partial charge is 0.347 e. The molecular formula is C17H19N3. The fourth-order valence-corrected chi connectivity index (χ4v) is 2.60. The normalized spacial score (nSPS) is 12.7. The van der Waals surface area contributed by atoms with Crippen LogP contribution in [0.15, 0.2) is 54.9 Å². The number of hydrogen-bond donors (Lipinski definition) is 1. The average Bonchev–Trinajstić information content (AvgIpc) is 2.86. The molecule has 0 amide bonds. The highest BCUT2D eigenvalue weighted by molar-refractivity contribution is 5.81. The highest BCUT2D eigenvalue weighted by Gasteiger charge is 2.06. The summed E-state index contributed by atoms with van der Waals surface area (Å²) < 4.78 is 2.27. The first kappa shape index (κ1) is 12.9. The molecule has 0 saturated heterocycles. The second-order valence-corrected chi connectivity index (χ2v) is 5.30. The molecule has 0 radical (unpaired) electrons. The molecule has 2 N–H and O–H groups in total. The lowest BCUT2D eigenvalue weighted by Gasteiger charge is -2.12. The van der Waals surface area contributed by atoms with Crippen molar-refractivity contribution in [2.75, 3.05) is 0 Å². The van der Waals surface area contributed by atoms with Gasteiger partial charge in [-0.15, -0.1) is 0 Å². The third kappa shape index (κ3) is 2.58. The molecule has 3 aromatic rings. The maximum Gasteiger partial charge on any atom is 0.0705 e. The molecular weight excluding hydrogens is 246 g/mol. The second-order valence-electron chi connectivity index (χ2n) is 5.30. The van der Waals surface area contributed by atoms with Gasteiger partial charge in [-0.3, -0.25) is 4.98 Å². The molecule has 0 aliphatic carbocycles. The number of nitrogens with zero attached hydrogens (tertiary/aromatic N) is 2. The standard InChI is InChI=1S/C17H19N3/c1-13(18)11-15-5-4-10-20(15)12-14-8-9-19-17-7-3-2-6-16(14)17/h2-10,13H,11-12,18H2,1H3. The predicted molar refractivity (Wildman–Crippen MR) is 82.6 cm³/mol. The summed E-state index contributed by atoms with van der Waals surface area (Å²) in [7, 11) is 0. The Morgan fingerprint density at radius 2 is 2.00 bits per heavy atom. The zero-order chi connectivity index (χ0) is 13.9. The summed E-state index contributed by atoms with van der Waals surface area (Å²) in [5.74, 6) is 0. The Kier molecular flexibility index (Phi) is 3.52. The number of aromatic nitrogens is 2. The van der Waals surface area contributed by atoms with E-state index in [2.05, 4.69) is 52.1 Å². The summed E-state index contributed by atoms with van der Waals surface area (Å²) in [5.41, 5.74) is 9.53. The Bertz CT molecular complexity index is 708. The maximum atomic E-state index is 5.91. The Labute approximate surface area is 119 Å². The van der Waals surface area contributed by atoms with Crippen molar-refractivity contribution >= 4 is 10.9 Å². The molecule has 0 saturated carbocycles. The molecule has 1 aromatic carbocycles. The van der Waals surface area contributed by atoms with Crippen molar-refractivity contribution < 1.29 is 0 Å². The summed E-state index contributed by atoms with van der Waals surface area (Å²) >= 11 is 0. The average molecular weight is 265 g/mol. The van der Waals surface area contributed by atoms with Gasteiger partial charge in [-0.25, -0.2) is 0 Å². The molecule has 0 aliphatic heterocycles. The smallest absolute Gasteiger partial charge is 0.0705 e. The molecule has 3 heteroatoms. The van der Waals surface area contributed by atoms with Crippen LogP contribution in [-0.4, -0.2) is 15.6 Å². The van der Waals surface area contributed by atoms with Gasteiger partial charge in [0, 0.05) is 42.5 Å². The first-order valence-electron chi connectivity index (χ1n) is 6.96. The maximum absolute atomic E-state index is 5.91. The molecule has 2 aromatic heterocycles. The van der Waals surface area contributed by atoms with Gasteiger partial charge in [0.25, 0.3) is 0 Å². The second kappa shape index (κ2) is 5.47. The highest BCUT2D eigenvalue weighted by atomic mass is 15.0. The topological polar surface area (TPSA) is 43.8 Å². The Hall–Kier alpha value is -2.13. The van der Waals surface area contributed by atoms with Gasteiger partial charge >= 0.3 is 0 Å². The highest BCUT2D eigenvalue weighted by Crippen LogP contribution is 2.18. The van der Waals surface area contributed by atoms with E-state index in [1.807, 2.05) is 19.2 Å². The Morgan fingerprint density at radius 3 is 2.85 bits per heavy atom. The molecule has 3 rings (SSSR count). The van der Waals surface area contributed by atoms with Crippen molar-refractivity contribution in [3.63, 3.8) is 0 Å². The van der Waals surface area contributed by atoms with Crippen molar-refractivity contribution in [1.29, 1.82) is 0 Å². The van der Waals surface area contributed by atoms with Crippen LogP contribution in [-0.2, 0) is 13.0 Å². The van der Waals surface area contributed by atoms with Crippen LogP contribution in [0.1, 0.15) is 18.2 Å². The first-order chi connectivity index (χ1) is 9.74. The summed E-state index contributed by atoms with van der Waals surface area (Å²) in [5, 5.41) is 1.22. The van der Waals surface area contributed by atoms with E-state index in [4.69, 9.17) is 5.73 Å². The van der Waals surface area contributed by atoms with Gasteiger partial charge in [-0.2, -0.15) is 0 Å². The van der Waals surface area contributed by atoms with Crippen molar-refractivity contribution in [2.24, 2.45) is 5.73 Å². The SMILES string of the molecule is CC(N)Cc1cccn1Cc1ccnc2ccccc12. The van der Waals surface area contributed by atoms with E-state index in [0.29, 0.717) is 0 Å². The number of rotatable bonds is 4. The molecule has 1 unspecified atom stereocenters. The van der Waals surface area contributed by atoms with E-state index in [9.17, 15) is 0 Å². The summed E-state index contributed by atoms with van der Waals surface area (Å²) in [6.45, 7) is 2.90. The van der Waals surface area contributed by atoms with Gasteiger partial charge < -0.3 is 10.3 Å². The van der Waals surface area contributed by atoms with Crippen molar-refractivity contribution in [3.05, 3.63) is 66.1 Å². The summed E-state index contributed by atoms with van der Waals surface area (Å²) in [4.78, 5) is 4.41. The van der Waals surface area contributed by atoms with Crippen LogP contribution >= 0.6 is 0 Å². The molecule has 0 fully saturated rings. The van der Waals surface area contributed by atoms with Crippen LogP contribution in [0.25, 0.3) is 10.9 Å². The molecule has 2 heterocycles. The fourth-order valence-electron chi connectivity index (χ4n) is 2.60. The minimum Gasteiger partial charge on any atom is -0.347 e. The third-order valence-electron chi connectivity index (χ3n) is 3.53. The van der Waals surface area contributed by atoms with Crippen molar-refractivity contribution in [3.8, 4) is 0 Å². The summed E-state index contributed by atoms with van der Waals surface area (Å²) in [6.07, 6.45) is 4.90. The zero-order valence-corrected chi connectivity index (χ0v) is 11.7. The van der Waals surface area contributed by atoms with Crippen molar-refractivity contribution in [1.82, 2.24) is 9.55 Å². The van der Waals surface area contributed by atoms with Crippen LogP contribution in [0.5, 0.6) is 0 Å². The molecule has 0 aliphatic rings. The van der Waals surface area contributed by atoms with Gasteiger partial charge in [0.1, 0.15) is 0 Å². The van der Waals surface area contributed by atoms with Crippen LogP contribution < -0.4 is 5.73 Å². The fraction of sp³-hybridized carbons (Fsp3) is 0.235. The lowest BCUT2D eigenvalue weighted by molar-refractivity contribution is 0.667. The summed E-state index contributed by atoms with van der Waals surface area (Å²) in [6, 6.07) is 14.8. The lowest BCUT2D eigenvalue weighted by atomic mass is 10.1.